The molecule has 2 aromatic rings. The molecule has 0 atom stereocenters. The number of ether oxygens (including phenoxy) is 2. The second kappa shape index (κ2) is 7.14. The Labute approximate surface area is 136 Å². The van der Waals surface area contributed by atoms with Crippen LogP contribution in [0.2, 0.25) is 0 Å². The number of para-hydroxylation sites is 1. The van der Waals surface area contributed by atoms with Gasteiger partial charge in [0, 0.05) is 5.57 Å². The van der Waals surface area contributed by atoms with Crippen LogP contribution in [0.5, 0.6) is 11.5 Å². The molecular formula is C20H20O3. The summed E-state index contributed by atoms with van der Waals surface area (Å²) < 4.78 is 11.3. The van der Waals surface area contributed by atoms with Gasteiger partial charge in [0.1, 0.15) is 18.1 Å². The molecule has 3 rings (SSSR count). The minimum absolute atomic E-state index is 0.0372. The third-order valence-corrected chi connectivity index (χ3v) is 3.79. The summed E-state index contributed by atoms with van der Waals surface area (Å²) in [5.74, 6) is 1.56. The van der Waals surface area contributed by atoms with Crippen molar-refractivity contribution in [2.45, 2.75) is 19.8 Å². The van der Waals surface area contributed by atoms with Crippen molar-refractivity contribution in [3.8, 4) is 11.5 Å². The van der Waals surface area contributed by atoms with Crippen molar-refractivity contribution in [2.75, 3.05) is 13.2 Å². The van der Waals surface area contributed by atoms with Crippen molar-refractivity contribution in [3.63, 3.8) is 0 Å². The van der Waals surface area contributed by atoms with Gasteiger partial charge in [0.2, 0.25) is 0 Å². The summed E-state index contributed by atoms with van der Waals surface area (Å²) in [7, 11) is 0. The van der Waals surface area contributed by atoms with Gasteiger partial charge in [-0.15, -0.1) is 0 Å². The molecule has 0 bridgehead atoms. The molecule has 0 radical (unpaired) electrons. The van der Waals surface area contributed by atoms with Crippen LogP contribution in [0.4, 0.5) is 0 Å². The number of hydrogen-bond acceptors (Lipinski definition) is 3. The molecule has 0 amide bonds. The normalized spacial score (nSPS) is 15.2. The molecule has 23 heavy (non-hydrogen) atoms. The largest absolute Gasteiger partial charge is 0.494 e. The first kappa shape index (κ1) is 15.3. The number of unbranched alkanes of at least 4 members (excludes halogenated alkanes) is 1. The second-order valence-corrected chi connectivity index (χ2v) is 5.55. The van der Waals surface area contributed by atoms with E-state index in [1.165, 1.54) is 0 Å². The van der Waals surface area contributed by atoms with Gasteiger partial charge in [-0.3, -0.25) is 4.79 Å². The lowest BCUT2D eigenvalue weighted by molar-refractivity contribution is 0.100. The number of carbonyl (C=O) groups excluding carboxylic acids is 1. The summed E-state index contributed by atoms with van der Waals surface area (Å²) in [5, 5.41) is 0. The van der Waals surface area contributed by atoms with E-state index in [0.29, 0.717) is 23.5 Å². The number of Topliss-reactive ketones (excluding diaryl/α,β-unsaturated/α-hetero) is 1. The molecule has 0 fully saturated rings. The Kier molecular flexibility index (Phi) is 4.77. The molecule has 3 heteroatoms. The van der Waals surface area contributed by atoms with Crippen LogP contribution in [-0.2, 0) is 0 Å². The third-order valence-electron chi connectivity index (χ3n) is 3.79. The molecule has 0 unspecified atom stereocenters. The number of carbonyl (C=O) groups is 1. The summed E-state index contributed by atoms with van der Waals surface area (Å²) >= 11 is 0. The van der Waals surface area contributed by atoms with Gasteiger partial charge in [0.05, 0.1) is 12.2 Å². The van der Waals surface area contributed by atoms with Gasteiger partial charge in [-0.1, -0.05) is 37.6 Å². The van der Waals surface area contributed by atoms with E-state index >= 15 is 0 Å². The van der Waals surface area contributed by atoms with Crippen LogP contribution in [0, 0.1) is 0 Å². The zero-order valence-corrected chi connectivity index (χ0v) is 13.2. The van der Waals surface area contributed by atoms with E-state index in [-0.39, 0.29) is 5.78 Å². The van der Waals surface area contributed by atoms with Crippen LogP contribution in [0.1, 0.15) is 35.7 Å². The standard InChI is InChI=1S/C20H20O3/c1-2-3-12-22-17-10-8-15(9-11-17)13-16-14-23-19-7-5-4-6-18(19)20(16)21/h4-11,13H,2-3,12,14H2,1H3. The van der Waals surface area contributed by atoms with Crippen LogP contribution in [0.25, 0.3) is 6.08 Å². The Morgan fingerprint density at radius 2 is 1.91 bits per heavy atom. The van der Waals surface area contributed by atoms with Gasteiger partial charge in [-0.2, -0.15) is 0 Å². The van der Waals surface area contributed by atoms with Crippen molar-refractivity contribution in [1.29, 1.82) is 0 Å². The van der Waals surface area contributed by atoms with E-state index in [4.69, 9.17) is 9.47 Å². The Morgan fingerprint density at radius 3 is 2.70 bits per heavy atom. The van der Waals surface area contributed by atoms with Gasteiger partial charge in [-0.05, 0) is 42.3 Å². The maximum atomic E-state index is 12.5. The summed E-state index contributed by atoms with van der Waals surface area (Å²) in [6.45, 7) is 3.19. The van der Waals surface area contributed by atoms with Gasteiger partial charge in [-0.25, -0.2) is 0 Å². The molecule has 1 aliphatic rings. The number of hydrogen-bond donors (Lipinski definition) is 0. The molecular weight excluding hydrogens is 288 g/mol. The lowest BCUT2D eigenvalue weighted by Gasteiger charge is -2.18. The summed E-state index contributed by atoms with van der Waals surface area (Å²) in [5.41, 5.74) is 2.27. The highest BCUT2D eigenvalue weighted by molar-refractivity contribution is 6.14. The van der Waals surface area contributed by atoms with Crippen LogP contribution >= 0.6 is 0 Å². The molecule has 0 aliphatic carbocycles. The zero-order valence-electron chi connectivity index (χ0n) is 13.2. The van der Waals surface area contributed by atoms with Crippen molar-refractivity contribution >= 4 is 11.9 Å². The minimum Gasteiger partial charge on any atom is -0.494 e. The highest BCUT2D eigenvalue weighted by atomic mass is 16.5. The number of ketones is 1. The fourth-order valence-electron chi connectivity index (χ4n) is 2.48. The monoisotopic (exact) mass is 308 g/mol. The fraction of sp³-hybridized carbons (Fsp3) is 0.250. The lowest BCUT2D eigenvalue weighted by Crippen LogP contribution is -2.18. The predicted octanol–water partition coefficient (Wildman–Crippen LogP) is 4.52. The highest BCUT2D eigenvalue weighted by Crippen LogP contribution is 2.27. The van der Waals surface area contributed by atoms with Gasteiger partial charge < -0.3 is 9.47 Å². The summed E-state index contributed by atoms with van der Waals surface area (Å²) in [4.78, 5) is 12.5. The summed E-state index contributed by atoms with van der Waals surface area (Å²) in [6.07, 6.45) is 4.05. The van der Waals surface area contributed by atoms with Crippen LogP contribution < -0.4 is 9.47 Å². The van der Waals surface area contributed by atoms with Crippen LogP contribution in [0.3, 0.4) is 0 Å². The quantitative estimate of drug-likeness (QED) is 0.601. The van der Waals surface area contributed by atoms with E-state index in [9.17, 15) is 4.79 Å². The van der Waals surface area contributed by atoms with Crippen molar-refractivity contribution in [2.24, 2.45) is 0 Å². The molecule has 118 valence electrons. The maximum absolute atomic E-state index is 12.5. The molecule has 0 N–H and O–H groups in total. The number of rotatable bonds is 5. The number of fused-ring (bicyclic) bond motifs is 1. The van der Waals surface area contributed by atoms with E-state index < -0.39 is 0 Å². The Bertz CT molecular complexity index is 714. The average molecular weight is 308 g/mol. The molecule has 0 spiro atoms. The van der Waals surface area contributed by atoms with Gasteiger partial charge in [0.25, 0.3) is 0 Å². The van der Waals surface area contributed by atoms with E-state index in [0.717, 1.165) is 30.8 Å². The molecule has 0 saturated heterocycles. The predicted molar refractivity (Wildman–Crippen MR) is 91.1 cm³/mol. The first-order chi connectivity index (χ1) is 11.3. The minimum atomic E-state index is 0.0372. The Hall–Kier alpha value is -2.55. The maximum Gasteiger partial charge on any atom is 0.196 e. The zero-order chi connectivity index (χ0) is 16.1. The highest BCUT2D eigenvalue weighted by Gasteiger charge is 2.22. The molecule has 3 nitrogen and oxygen atoms in total. The van der Waals surface area contributed by atoms with Crippen molar-refractivity contribution < 1.29 is 14.3 Å². The van der Waals surface area contributed by atoms with Gasteiger partial charge >= 0.3 is 0 Å². The third kappa shape index (κ3) is 3.62. The Balaban J connectivity index is 1.73. The number of benzene rings is 2. The SMILES string of the molecule is CCCCOc1ccc(C=C2COc3ccccc3C2=O)cc1. The van der Waals surface area contributed by atoms with Gasteiger partial charge in [0.15, 0.2) is 5.78 Å². The molecule has 1 aliphatic heterocycles. The van der Waals surface area contributed by atoms with Crippen LogP contribution in [0.15, 0.2) is 54.1 Å². The Morgan fingerprint density at radius 1 is 1.13 bits per heavy atom. The first-order valence-corrected chi connectivity index (χ1v) is 7.98. The smallest absolute Gasteiger partial charge is 0.196 e. The fourth-order valence-corrected chi connectivity index (χ4v) is 2.48. The average Bonchev–Trinajstić information content (AvgIpc) is 2.59. The van der Waals surface area contributed by atoms with Crippen molar-refractivity contribution in [1.82, 2.24) is 0 Å². The van der Waals surface area contributed by atoms with E-state index in [2.05, 4.69) is 6.92 Å². The van der Waals surface area contributed by atoms with E-state index in [1.807, 2.05) is 48.5 Å². The molecule has 2 aromatic carbocycles. The summed E-state index contributed by atoms with van der Waals surface area (Å²) in [6, 6.07) is 15.1. The lowest BCUT2D eigenvalue weighted by atomic mass is 9.98. The topological polar surface area (TPSA) is 35.5 Å². The van der Waals surface area contributed by atoms with Crippen molar-refractivity contribution in [3.05, 3.63) is 65.2 Å². The van der Waals surface area contributed by atoms with Crippen LogP contribution in [-0.4, -0.2) is 19.0 Å². The molecule has 0 saturated carbocycles. The van der Waals surface area contributed by atoms with E-state index in [1.54, 1.807) is 6.07 Å². The first-order valence-electron chi connectivity index (χ1n) is 7.98. The molecule has 1 heterocycles. The molecule has 0 aromatic heterocycles. The second-order valence-electron chi connectivity index (χ2n) is 5.55.